The zero-order valence-corrected chi connectivity index (χ0v) is 8.73. The number of hydrogen-bond acceptors (Lipinski definition) is 2. The van der Waals surface area contributed by atoms with Crippen LogP contribution in [0.15, 0.2) is 30.3 Å². The van der Waals surface area contributed by atoms with Crippen LogP contribution in [-0.2, 0) is 4.79 Å². The molecule has 0 saturated carbocycles. The number of aromatic amines is 1. The van der Waals surface area contributed by atoms with Gasteiger partial charge in [0.1, 0.15) is 5.75 Å². The molecule has 0 amide bonds. The first-order chi connectivity index (χ1) is 7.69. The molecule has 2 rings (SSSR count). The van der Waals surface area contributed by atoms with Crippen molar-refractivity contribution in [3.05, 3.63) is 36.0 Å². The van der Waals surface area contributed by atoms with E-state index in [-0.39, 0.29) is 0 Å². The highest BCUT2D eigenvalue weighted by Gasteiger charge is 2.00. The monoisotopic (exact) mass is 217 g/mol. The van der Waals surface area contributed by atoms with Crippen LogP contribution in [0, 0.1) is 0 Å². The Bertz CT molecular complexity index is 554. The normalized spacial score (nSPS) is 11.1. The lowest BCUT2D eigenvalue weighted by Gasteiger charge is -1.97. The summed E-state index contributed by atoms with van der Waals surface area (Å²) in [5.74, 6) is -0.184. The molecule has 82 valence electrons. The third kappa shape index (κ3) is 2.06. The fourth-order valence-electron chi connectivity index (χ4n) is 1.51. The van der Waals surface area contributed by atoms with Gasteiger partial charge >= 0.3 is 5.97 Å². The van der Waals surface area contributed by atoms with Crippen molar-refractivity contribution in [1.82, 2.24) is 4.98 Å². The van der Waals surface area contributed by atoms with Gasteiger partial charge in [-0.25, -0.2) is 4.79 Å². The minimum Gasteiger partial charge on any atom is -0.497 e. The number of benzene rings is 1. The molecule has 0 aliphatic carbocycles. The van der Waals surface area contributed by atoms with Crippen molar-refractivity contribution in [3.63, 3.8) is 0 Å². The minimum absolute atomic E-state index is 0.755. The topological polar surface area (TPSA) is 62.3 Å². The Morgan fingerprint density at radius 2 is 2.25 bits per heavy atom. The Kier molecular flexibility index (Phi) is 2.64. The molecule has 2 aromatic rings. The molecule has 0 fully saturated rings. The van der Waals surface area contributed by atoms with E-state index in [0.29, 0.717) is 0 Å². The van der Waals surface area contributed by atoms with Gasteiger partial charge in [0.05, 0.1) is 7.11 Å². The van der Waals surface area contributed by atoms with Crippen molar-refractivity contribution < 1.29 is 14.6 Å². The number of H-pyrrole nitrogens is 1. The summed E-state index contributed by atoms with van der Waals surface area (Å²) in [7, 11) is 1.61. The quantitative estimate of drug-likeness (QED) is 0.775. The summed E-state index contributed by atoms with van der Waals surface area (Å²) in [6, 6.07) is 7.51. The summed E-state index contributed by atoms with van der Waals surface area (Å²) in [5.41, 5.74) is 1.71. The first kappa shape index (κ1) is 10.3. The number of fused-ring (bicyclic) bond motifs is 1. The Hall–Kier alpha value is -2.23. The van der Waals surface area contributed by atoms with E-state index in [4.69, 9.17) is 9.84 Å². The lowest BCUT2D eigenvalue weighted by Crippen LogP contribution is -1.85. The Balaban J connectivity index is 2.40. The number of hydrogen-bond donors (Lipinski definition) is 2. The number of nitrogens with one attached hydrogen (secondary N) is 1. The molecule has 0 unspecified atom stereocenters. The molecule has 0 atom stereocenters. The smallest absolute Gasteiger partial charge is 0.328 e. The molecule has 16 heavy (non-hydrogen) atoms. The summed E-state index contributed by atoms with van der Waals surface area (Å²) in [4.78, 5) is 13.5. The van der Waals surface area contributed by atoms with Crippen LogP contribution >= 0.6 is 0 Å². The van der Waals surface area contributed by atoms with E-state index in [2.05, 4.69) is 4.98 Å². The number of rotatable bonds is 3. The molecule has 2 N–H and O–H groups in total. The third-order valence-electron chi connectivity index (χ3n) is 2.25. The zero-order chi connectivity index (χ0) is 11.5. The molecule has 4 nitrogen and oxygen atoms in total. The Morgan fingerprint density at radius 1 is 1.44 bits per heavy atom. The lowest BCUT2D eigenvalue weighted by atomic mass is 10.2. The second-order valence-electron chi connectivity index (χ2n) is 3.35. The van der Waals surface area contributed by atoms with E-state index in [1.165, 1.54) is 6.08 Å². The zero-order valence-electron chi connectivity index (χ0n) is 8.73. The maximum absolute atomic E-state index is 10.4. The first-order valence-electron chi connectivity index (χ1n) is 4.77. The number of aromatic nitrogens is 1. The van der Waals surface area contributed by atoms with Crippen molar-refractivity contribution >= 4 is 22.9 Å². The number of carboxylic acids is 1. The molecule has 0 aliphatic heterocycles. The van der Waals surface area contributed by atoms with Crippen LogP contribution in [0.2, 0.25) is 0 Å². The van der Waals surface area contributed by atoms with Gasteiger partial charge in [-0.2, -0.15) is 0 Å². The van der Waals surface area contributed by atoms with E-state index >= 15 is 0 Å². The predicted molar refractivity (Wildman–Crippen MR) is 61.5 cm³/mol. The first-order valence-corrected chi connectivity index (χ1v) is 4.77. The van der Waals surface area contributed by atoms with Gasteiger partial charge in [-0.05, 0) is 30.3 Å². The average molecular weight is 217 g/mol. The summed E-state index contributed by atoms with van der Waals surface area (Å²) < 4.78 is 5.10. The number of aliphatic carboxylic acids is 1. The molecular formula is C12H11NO3. The molecule has 4 heteroatoms. The van der Waals surface area contributed by atoms with Crippen LogP contribution in [0.1, 0.15) is 5.69 Å². The number of ether oxygens (including phenoxy) is 1. The van der Waals surface area contributed by atoms with Crippen molar-refractivity contribution in [1.29, 1.82) is 0 Å². The molecular weight excluding hydrogens is 206 g/mol. The SMILES string of the molecule is COc1ccc2[nH]c(C=CC(=O)O)cc2c1. The van der Waals surface area contributed by atoms with Crippen molar-refractivity contribution in [2.75, 3.05) is 7.11 Å². The minimum atomic E-state index is -0.962. The molecule has 0 aliphatic rings. The molecule has 1 heterocycles. The van der Waals surface area contributed by atoms with E-state index in [9.17, 15) is 4.79 Å². The fourth-order valence-corrected chi connectivity index (χ4v) is 1.51. The van der Waals surface area contributed by atoms with E-state index in [1.807, 2.05) is 24.3 Å². The van der Waals surface area contributed by atoms with Crippen LogP contribution in [0.3, 0.4) is 0 Å². The summed E-state index contributed by atoms with van der Waals surface area (Å²) in [6.07, 6.45) is 2.62. The summed E-state index contributed by atoms with van der Waals surface area (Å²) >= 11 is 0. The average Bonchev–Trinajstić information content (AvgIpc) is 2.67. The second kappa shape index (κ2) is 4.10. The van der Waals surface area contributed by atoms with Crippen molar-refractivity contribution in [2.45, 2.75) is 0 Å². The maximum atomic E-state index is 10.4. The van der Waals surface area contributed by atoms with Gasteiger partial charge < -0.3 is 14.8 Å². The molecule has 1 aromatic carbocycles. The number of carbonyl (C=O) groups is 1. The molecule has 0 spiro atoms. The largest absolute Gasteiger partial charge is 0.497 e. The summed E-state index contributed by atoms with van der Waals surface area (Å²) in [6.45, 7) is 0. The molecule has 1 aromatic heterocycles. The highest BCUT2D eigenvalue weighted by Crippen LogP contribution is 2.21. The van der Waals surface area contributed by atoms with Gasteiger partial charge in [0.25, 0.3) is 0 Å². The standard InChI is InChI=1S/C12H11NO3/c1-16-10-3-4-11-8(7-10)6-9(13-11)2-5-12(14)15/h2-7,13H,1H3,(H,14,15). The maximum Gasteiger partial charge on any atom is 0.328 e. The molecule has 0 bridgehead atoms. The van der Waals surface area contributed by atoms with Crippen molar-refractivity contribution in [2.24, 2.45) is 0 Å². The Morgan fingerprint density at radius 3 is 2.94 bits per heavy atom. The molecule has 0 radical (unpaired) electrons. The van der Waals surface area contributed by atoms with Gasteiger partial charge in [-0.15, -0.1) is 0 Å². The van der Waals surface area contributed by atoms with Crippen molar-refractivity contribution in [3.8, 4) is 5.75 Å². The van der Waals surface area contributed by atoms with Gasteiger partial charge in [-0.1, -0.05) is 0 Å². The van der Waals surface area contributed by atoms with Gasteiger partial charge in [0.15, 0.2) is 0 Å². The lowest BCUT2D eigenvalue weighted by molar-refractivity contribution is -0.131. The highest BCUT2D eigenvalue weighted by atomic mass is 16.5. The van der Waals surface area contributed by atoms with Gasteiger partial charge in [0, 0.05) is 22.7 Å². The Labute approximate surface area is 92.2 Å². The predicted octanol–water partition coefficient (Wildman–Crippen LogP) is 2.27. The fraction of sp³-hybridized carbons (Fsp3) is 0.0833. The van der Waals surface area contributed by atoms with E-state index < -0.39 is 5.97 Å². The van der Waals surface area contributed by atoms with Crippen LogP contribution in [0.4, 0.5) is 0 Å². The van der Waals surface area contributed by atoms with E-state index in [1.54, 1.807) is 7.11 Å². The van der Waals surface area contributed by atoms with Gasteiger partial charge in [0.2, 0.25) is 0 Å². The van der Waals surface area contributed by atoms with E-state index in [0.717, 1.165) is 28.4 Å². The van der Waals surface area contributed by atoms with Crippen LogP contribution < -0.4 is 4.74 Å². The van der Waals surface area contributed by atoms with Crippen LogP contribution in [-0.4, -0.2) is 23.2 Å². The number of carboxylic acid groups (broad SMARTS) is 1. The third-order valence-corrected chi connectivity index (χ3v) is 2.25. The molecule has 0 saturated heterocycles. The second-order valence-corrected chi connectivity index (χ2v) is 3.35. The highest BCUT2D eigenvalue weighted by molar-refractivity contribution is 5.88. The number of methoxy groups -OCH3 is 1. The van der Waals surface area contributed by atoms with Crippen LogP contribution in [0.25, 0.3) is 17.0 Å². The van der Waals surface area contributed by atoms with Gasteiger partial charge in [-0.3, -0.25) is 0 Å². The summed E-state index contributed by atoms with van der Waals surface area (Å²) in [5, 5.41) is 9.50. The van der Waals surface area contributed by atoms with Crippen LogP contribution in [0.5, 0.6) is 5.75 Å².